The molecule has 4 rings (SSSR count). The zero-order valence-electron chi connectivity index (χ0n) is 13.0. The highest BCUT2D eigenvalue weighted by atomic mass is 16.3. The first-order valence-electron chi connectivity index (χ1n) is 7.58. The molecule has 4 aromatic rings. The van der Waals surface area contributed by atoms with E-state index in [-0.39, 0.29) is 11.6 Å². The Labute approximate surface area is 138 Å². The van der Waals surface area contributed by atoms with Gasteiger partial charge in [-0.1, -0.05) is 54.6 Å². The van der Waals surface area contributed by atoms with Crippen molar-refractivity contribution >= 4 is 0 Å². The summed E-state index contributed by atoms with van der Waals surface area (Å²) in [7, 11) is 0. The van der Waals surface area contributed by atoms with Gasteiger partial charge in [0.05, 0.1) is 0 Å². The monoisotopic (exact) mass is 317 g/mol. The summed E-state index contributed by atoms with van der Waals surface area (Å²) in [5.41, 5.74) is 4.50. The van der Waals surface area contributed by atoms with Crippen LogP contribution in [0.1, 0.15) is 5.56 Å². The third-order valence-electron chi connectivity index (χ3n) is 3.93. The molecule has 2 heterocycles. The SMILES string of the molecule is Cc1ccccc1-c1coc(-c2n[nH]c(-c3ccccc3)c2O)n1. The maximum Gasteiger partial charge on any atom is 0.251 e. The molecule has 0 aliphatic carbocycles. The molecule has 0 aliphatic heterocycles. The first-order chi connectivity index (χ1) is 11.7. The van der Waals surface area contributed by atoms with Crippen LogP contribution in [0.5, 0.6) is 5.75 Å². The molecule has 2 aromatic heterocycles. The van der Waals surface area contributed by atoms with Gasteiger partial charge in [-0.15, -0.1) is 0 Å². The molecule has 5 heteroatoms. The van der Waals surface area contributed by atoms with Gasteiger partial charge in [-0.2, -0.15) is 5.10 Å². The van der Waals surface area contributed by atoms with Gasteiger partial charge in [0.15, 0.2) is 11.4 Å². The van der Waals surface area contributed by atoms with Gasteiger partial charge in [-0.05, 0) is 12.5 Å². The predicted molar refractivity (Wildman–Crippen MR) is 91.4 cm³/mol. The highest BCUT2D eigenvalue weighted by molar-refractivity contribution is 5.75. The fraction of sp³-hybridized carbons (Fsp3) is 0.0526. The van der Waals surface area contributed by atoms with Gasteiger partial charge in [0.2, 0.25) is 0 Å². The van der Waals surface area contributed by atoms with E-state index in [1.54, 1.807) is 6.26 Å². The van der Waals surface area contributed by atoms with E-state index in [0.29, 0.717) is 17.1 Å². The van der Waals surface area contributed by atoms with Crippen LogP contribution in [0.25, 0.3) is 34.1 Å². The Hall–Kier alpha value is -3.34. The van der Waals surface area contributed by atoms with Crippen molar-refractivity contribution < 1.29 is 9.52 Å². The number of H-pyrrole nitrogens is 1. The van der Waals surface area contributed by atoms with Crippen molar-refractivity contribution in [2.45, 2.75) is 6.92 Å². The quantitative estimate of drug-likeness (QED) is 0.587. The van der Waals surface area contributed by atoms with Crippen molar-refractivity contribution in [3.63, 3.8) is 0 Å². The standard InChI is InChI=1S/C19H15N3O2/c1-12-7-5-6-10-14(12)15-11-24-19(20-15)17-18(23)16(21-22-17)13-8-3-2-4-9-13/h2-11,23H,1H3,(H,21,22). The minimum Gasteiger partial charge on any atom is -0.504 e. The van der Waals surface area contributed by atoms with E-state index in [9.17, 15) is 5.11 Å². The van der Waals surface area contributed by atoms with Crippen LogP contribution in [0.3, 0.4) is 0 Å². The second kappa shape index (κ2) is 5.70. The molecule has 2 N–H and O–H groups in total. The lowest BCUT2D eigenvalue weighted by atomic mass is 10.1. The minimum absolute atomic E-state index is 0.0272. The molecule has 0 atom stereocenters. The number of benzene rings is 2. The minimum atomic E-state index is 0.0272. The number of hydrogen-bond acceptors (Lipinski definition) is 4. The predicted octanol–water partition coefficient (Wildman–Crippen LogP) is 4.41. The van der Waals surface area contributed by atoms with Crippen molar-refractivity contribution in [2.75, 3.05) is 0 Å². The van der Waals surface area contributed by atoms with Gasteiger partial charge in [0, 0.05) is 11.1 Å². The molecule has 118 valence electrons. The van der Waals surface area contributed by atoms with Crippen molar-refractivity contribution in [3.05, 3.63) is 66.4 Å². The largest absolute Gasteiger partial charge is 0.504 e. The lowest BCUT2D eigenvalue weighted by molar-refractivity contribution is 0.475. The number of nitrogens with zero attached hydrogens (tertiary/aromatic N) is 2. The van der Waals surface area contributed by atoms with Crippen LogP contribution in [0.2, 0.25) is 0 Å². The molecule has 0 bridgehead atoms. The summed E-state index contributed by atoms with van der Waals surface area (Å²) in [5, 5.41) is 17.5. The van der Waals surface area contributed by atoms with E-state index in [1.165, 1.54) is 0 Å². The molecule has 0 radical (unpaired) electrons. The number of oxazole rings is 1. The van der Waals surface area contributed by atoms with E-state index < -0.39 is 0 Å². The molecule has 0 amide bonds. The van der Waals surface area contributed by atoms with E-state index >= 15 is 0 Å². The van der Waals surface area contributed by atoms with Crippen LogP contribution in [0, 0.1) is 6.92 Å². The van der Waals surface area contributed by atoms with Crippen LogP contribution in [0.4, 0.5) is 0 Å². The number of aryl methyl sites for hydroxylation is 1. The van der Waals surface area contributed by atoms with E-state index in [4.69, 9.17) is 4.42 Å². The summed E-state index contributed by atoms with van der Waals surface area (Å²) in [6.45, 7) is 2.02. The average molecular weight is 317 g/mol. The molecule has 0 spiro atoms. The van der Waals surface area contributed by atoms with Gasteiger partial charge in [0.25, 0.3) is 5.89 Å². The Bertz CT molecular complexity index is 987. The normalized spacial score (nSPS) is 10.9. The maximum absolute atomic E-state index is 10.5. The Morgan fingerprint density at radius 3 is 2.54 bits per heavy atom. The summed E-state index contributed by atoms with van der Waals surface area (Å²) in [5.74, 6) is 0.309. The molecule has 24 heavy (non-hydrogen) atoms. The number of hydrogen-bond donors (Lipinski definition) is 2. The second-order valence-corrected chi connectivity index (χ2v) is 5.51. The summed E-state index contributed by atoms with van der Waals surface area (Å²) < 4.78 is 5.54. The molecule has 5 nitrogen and oxygen atoms in total. The number of aromatic amines is 1. The second-order valence-electron chi connectivity index (χ2n) is 5.51. The summed E-state index contributed by atoms with van der Waals surface area (Å²) in [6, 6.07) is 17.4. The molecule has 2 aromatic carbocycles. The highest BCUT2D eigenvalue weighted by Gasteiger charge is 2.20. The molecular formula is C19H15N3O2. The van der Waals surface area contributed by atoms with Crippen molar-refractivity contribution in [3.8, 4) is 39.8 Å². The van der Waals surface area contributed by atoms with E-state index in [2.05, 4.69) is 15.2 Å². The summed E-state index contributed by atoms with van der Waals surface area (Å²) in [6.07, 6.45) is 1.58. The Kier molecular flexibility index (Phi) is 3.39. The fourth-order valence-corrected chi connectivity index (χ4v) is 2.66. The third-order valence-corrected chi connectivity index (χ3v) is 3.93. The molecule has 0 saturated heterocycles. The van der Waals surface area contributed by atoms with Crippen LogP contribution in [-0.2, 0) is 0 Å². The van der Waals surface area contributed by atoms with Crippen molar-refractivity contribution in [1.29, 1.82) is 0 Å². The first-order valence-corrected chi connectivity index (χ1v) is 7.58. The lowest BCUT2D eigenvalue weighted by Crippen LogP contribution is -1.83. The highest BCUT2D eigenvalue weighted by Crippen LogP contribution is 2.36. The number of aromatic hydroxyl groups is 1. The van der Waals surface area contributed by atoms with Crippen molar-refractivity contribution in [2.24, 2.45) is 0 Å². The lowest BCUT2D eigenvalue weighted by Gasteiger charge is -1.99. The Morgan fingerprint density at radius 1 is 1.00 bits per heavy atom. The van der Waals surface area contributed by atoms with Gasteiger partial charge in [-0.25, -0.2) is 4.98 Å². The number of nitrogens with one attached hydrogen (secondary N) is 1. The third kappa shape index (κ3) is 2.36. The fourth-order valence-electron chi connectivity index (χ4n) is 2.66. The molecule has 0 aliphatic rings. The van der Waals surface area contributed by atoms with Crippen molar-refractivity contribution in [1.82, 2.24) is 15.2 Å². The zero-order chi connectivity index (χ0) is 16.5. The summed E-state index contributed by atoms with van der Waals surface area (Å²) in [4.78, 5) is 4.47. The van der Waals surface area contributed by atoms with Gasteiger partial charge < -0.3 is 9.52 Å². The van der Waals surface area contributed by atoms with Gasteiger partial charge >= 0.3 is 0 Å². The Balaban J connectivity index is 1.74. The number of rotatable bonds is 3. The van der Waals surface area contributed by atoms with Gasteiger partial charge in [-0.3, -0.25) is 5.10 Å². The molecule has 0 unspecified atom stereocenters. The van der Waals surface area contributed by atoms with Crippen LogP contribution >= 0.6 is 0 Å². The average Bonchev–Trinajstić information content (AvgIpc) is 3.23. The van der Waals surface area contributed by atoms with E-state index in [1.807, 2.05) is 61.5 Å². The zero-order valence-corrected chi connectivity index (χ0v) is 13.0. The topological polar surface area (TPSA) is 74.9 Å². The van der Waals surface area contributed by atoms with Crippen LogP contribution in [-0.4, -0.2) is 20.3 Å². The first kappa shape index (κ1) is 14.3. The van der Waals surface area contributed by atoms with Crippen LogP contribution < -0.4 is 0 Å². The molecule has 0 saturated carbocycles. The molecule has 0 fully saturated rings. The Morgan fingerprint density at radius 2 is 1.75 bits per heavy atom. The summed E-state index contributed by atoms with van der Waals surface area (Å²) >= 11 is 0. The molecular weight excluding hydrogens is 302 g/mol. The van der Waals surface area contributed by atoms with Crippen LogP contribution in [0.15, 0.2) is 65.3 Å². The number of aromatic nitrogens is 3. The van der Waals surface area contributed by atoms with Gasteiger partial charge in [0.1, 0.15) is 17.7 Å². The smallest absolute Gasteiger partial charge is 0.251 e. The van der Waals surface area contributed by atoms with E-state index in [0.717, 1.165) is 16.7 Å². The maximum atomic E-state index is 10.5.